The van der Waals surface area contributed by atoms with Crippen LogP contribution in [0.1, 0.15) is 18.9 Å². The largest absolute Gasteiger partial charge is 0.478 e. The Hall–Kier alpha value is -2.34. The number of aliphatic hydroxyl groups is 1. The van der Waals surface area contributed by atoms with Crippen molar-refractivity contribution in [2.75, 3.05) is 25.0 Å². The number of nitrogens with one attached hydrogen (secondary N) is 1. The lowest BCUT2D eigenvalue weighted by Crippen LogP contribution is -2.37. The molecule has 2 amide bonds. The minimum Gasteiger partial charge on any atom is -0.478 e. The quantitative estimate of drug-likeness (QED) is 0.671. The van der Waals surface area contributed by atoms with Crippen molar-refractivity contribution in [3.05, 3.63) is 35.9 Å². The minimum absolute atomic E-state index is 0.0770. The van der Waals surface area contributed by atoms with Gasteiger partial charge in [-0.3, -0.25) is 0 Å². The van der Waals surface area contributed by atoms with Crippen LogP contribution in [0.25, 0.3) is 6.08 Å². The first-order valence-electron chi connectivity index (χ1n) is 6.74. The first-order valence-corrected chi connectivity index (χ1v) is 6.74. The van der Waals surface area contributed by atoms with E-state index in [0.29, 0.717) is 18.8 Å². The van der Waals surface area contributed by atoms with Gasteiger partial charge in [-0.15, -0.1) is 0 Å². The van der Waals surface area contributed by atoms with E-state index < -0.39 is 5.97 Å². The van der Waals surface area contributed by atoms with E-state index >= 15 is 0 Å². The van der Waals surface area contributed by atoms with Crippen LogP contribution in [0.15, 0.2) is 30.3 Å². The molecule has 0 aliphatic rings. The van der Waals surface area contributed by atoms with E-state index in [-0.39, 0.29) is 12.6 Å². The highest BCUT2D eigenvalue weighted by molar-refractivity contribution is 5.89. The maximum Gasteiger partial charge on any atom is 0.328 e. The summed E-state index contributed by atoms with van der Waals surface area (Å²) < 4.78 is 0. The Morgan fingerprint density at radius 1 is 1.24 bits per heavy atom. The number of carboxylic acids is 1. The predicted octanol–water partition coefficient (Wildman–Crippen LogP) is 2.02. The number of aliphatic carboxylic acids is 1. The van der Waals surface area contributed by atoms with Gasteiger partial charge >= 0.3 is 12.0 Å². The molecule has 0 aliphatic carbocycles. The average Bonchev–Trinajstić information content (AvgIpc) is 2.46. The topological polar surface area (TPSA) is 89.9 Å². The SMILES string of the molecule is CCCN(CCO)C(=O)Nc1ccc(C=CC(=O)O)cc1. The van der Waals surface area contributed by atoms with Gasteiger partial charge in [-0.1, -0.05) is 19.1 Å². The highest BCUT2D eigenvalue weighted by Gasteiger charge is 2.11. The van der Waals surface area contributed by atoms with E-state index in [1.54, 1.807) is 24.3 Å². The molecule has 0 aliphatic heterocycles. The van der Waals surface area contributed by atoms with Crippen LogP contribution in [-0.2, 0) is 4.79 Å². The fourth-order valence-corrected chi connectivity index (χ4v) is 1.75. The summed E-state index contributed by atoms with van der Waals surface area (Å²) in [6, 6.07) is 6.56. The Kier molecular flexibility index (Phi) is 6.97. The van der Waals surface area contributed by atoms with Crippen LogP contribution in [0.2, 0.25) is 0 Å². The number of carbonyl (C=O) groups is 2. The molecular weight excluding hydrogens is 272 g/mol. The van der Waals surface area contributed by atoms with E-state index in [0.717, 1.165) is 18.1 Å². The number of rotatable bonds is 7. The van der Waals surface area contributed by atoms with Gasteiger partial charge in [-0.2, -0.15) is 0 Å². The van der Waals surface area contributed by atoms with Crippen molar-refractivity contribution in [1.29, 1.82) is 0 Å². The minimum atomic E-state index is -1.01. The van der Waals surface area contributed by atoms with Gasteiger partial charge in [0.05, 0.1) is 6.61 Å². The third-order valence-corrected chi connectivity index (χ3v) is 2.73. The molecule has 0 saturated heterocycles. The summed E-state index contributed by atoms with van der Waals surface area (Å²) in [6.07, 6.45) is 3.34. The molecule has 6 nitrogen and oxygen atoms in total. The van der Waals surface area contributed by atoms with Gasteiger partial charge in [-0.05, 0) is 30.2 Å². The Labute approximate surface area is 123 Å². The summed E-state index contributed by atoms with van der Waals surface area (Å²) >= 11 is 0. The zero-order valence-electron chi connectivity index (χ0n) is 12.0. The maximum absolute atomic E-state index is 12.0. The van der Waals surface area contributed by atoms with Gasteiger partial charge in [0.25, 0.3) is 0 Å². The van der Waals surface area contributed by atoms with Crippen molar-refractivity contribution in [3.8, 4) is 0 Å². The zero-order valence-corrected chi connectivity index (χ0v) is 12.0. The van der Waals surface area contributed by atoms with Crippen molar-refractivity contribution in [2.24, 2.45) is 0 Å². The summed E-state index contributed by atoms with van der Waals surface area (Å²) in [5, 5.41) is 20.2. The van der Waals surface area contributed by atoms with Gasteiger partial charge in [0, 0.05) is 24.9 Å². The molecule has 0 heterocycles. The van der Waals surface area contributed by atoms with Gasteiger partial charge in [0.15, 0.2) is 0 Å². The molecule has 3 N–H and O–H groups in total. The summed E-state index contributed by atoms with van der Waals surface area (Å²) in [4.78, 5) is 24.0. The Balaban J connectivity index is 2.65. The van der Waals surface area contributed by atoms with Gasteiger partial charge < -0.3 is 20.4 Å². The van der Waals surface area contributed by atoms with Gasteiger partial charge in [-0.25, -0.2) is 9.59 Å². The summed E-state index contributed by atoms with van der Waals surface area (Å²) in [5.41, 5.74) is 1.35. The number of urea groups is 1. The van der Waals surface area contributed by atoms with Crippen molar-refractivity contribution >= 4 is 23.8 Å². The van der Waals surface area contributed by atoms with Crippen LogP contribution in [-0.4, -0.2) is 46.8 Å². The number of hydrogen-bond acceptors (Lipinski definition) is 3. The number of hydrogen-bond donors (Lipinski definition) is 3. The monoisotopic (exact) mass is 292 g/mol. The second kappa shape index (κ2) is 8.76. The van der Waals surface area contributed by atoms with E-state index in [4.69, 9.17) is 10.2 Å². The molecule has 0 atom stereocenters. The summed E-state index contributed by atoms with van der Waals surface area (Å²) in [7, 11) is 0. The molecular formula is C15H20N2O4. The van der Waals surface area contributed by atoms with Crippen molar-refractivity contribution in [3.63, 3.8) is 0 Å². The van der Waals surface area contributed by atoms with Crippen LogP contribution in [0.5, 0.6) is 0 Å². The Morgan fingerprint density at radius 3 is 2.43 bits per heavy atom. The fourth-order valence-electron chi connectivity index (χ4n) is 1.75. The van der Waals surface area contributed by atoms with E-state index in [9.17, 15) is 9.59 Å². The van der Waals surface area contributed by atoms with Crippen molar-refractivity contribution < 1.29 is 19.8 Å². The highest BCUT2D eigenvalue weighted by atomic mass is 16.4. The number of anilines is 1. The predicted molar refractivity (Wildman–Crippen MR) is 81.1 cm³/mol. The molecule has 0 bridgehead atoms. The van der Waals surface area contributed by atoms with Crippen molar-refractivity contribution in [1.82, 2.24) is 4.90 Å². The van der Waals surface area contributed by atoms with Gasteiger partial charge in [0.2, 0.25) is 0 Å². The van der Waals surface area contributed by atoms with E-state index in [2.05, 4.69) is 5.32 Å². The lowest BCUT2D eigenvalue weighted by molar-refractivity contribution is -0.131. The molecule has 0 saturated carbocycles. The third-order valence-electron chi connectivity index (χ3n) is 2.73. The van der Waals surface area contributed by atoms with E-state index in [1.165, 1.54) is 11.0 Å². The lowest BCUT2D eigenvalue weighted by Gasteiger charge is -2.21. The molecule has 1 aromatic carbocycles. The molecule has 21 heavy (non-hydrogen) atoms. The molecule has 0 fully saturated rings. The average molecular weight is 292 g/mol. The van der Waals surface area contributed by atoms with Crippen LogP contribution in [0.3, 0.4) is 0 Å². The maximum atomic E-state index is 12.0. The Bertz CT molecular complexity index is 491. The number of aliphatic hydroxyl groups excluding tert-OH is 1. The highest BCUT2D eigenvalue weighted by Crippen LogP contribution is 2.11. The molecule has 1 aromatic rings. The van der Waals surface area contributed by atoms with Crippen LogP contribution in [0, 0.1) is 0 Å². The van der Waals surface area contributed by atoms with Crippen LogP contribution < -0.4 is 5.32 Å². The zero-order chi connectivity index (χ0) is 15.7. The molecule has 1 rings (SSSR count). The van der Waals surface area contributed by atoms with Crippen molar-refractivity contribution in [2.45, 2.75) is 13.3 Å². The first kappa shape index (κ1) is 16.7. The molecule has 0 aromatic heterocycles. The molecule has 6 heteroatoms. The number of nitrogens with zero attached hydrogens (tertiary/aromatic N) is 1. The number of carbonyl (C=O) groups excluding carboxylic acids is 1. The van der Waals surface area contributed by atoms with Crippen LogP contribution >= 0.6 is 0 Å². The normalized spacial score (nSPS) is 10.6. The Morgan fingerprint density at radius 2 is 1.90 bits per heavy atom. The lowest BCUT2D eigenvalue weighted by atomic mass is 10.2. The molecule has 114 valence electrons. The second-order valence-corrected chi connectivity index (χ2v) is 4.43. The number of carboxylic acid groups (broad SMARTS) is 1. The van der Waals surface area contributed by atoms with Crippen LogP contribution in [0.4, 0.5) is 10.5 Å². The van der Waals surface area contributed by atoms with E-state index in [1.807, 2.05) is 6.92 Å². The summed E-state index contributed by atoms with van der Waals surface area (Å²) in [6.45, 7) is 2.75. The second-order valence-electron chi connectivity index (χ2n) is 4.43. The third kappa shape index (κ3) is 6.09. The fraction of sp³-hybridized carbons (Fsp3) is 0.333. The summed E-state index contributed by atoms with van der Waals surface area (Å²) in [5.74, 6) is -1.01. The number of amides is 2. The first-order chi connectivity index (χ1) is 10.1. The molecule has 0 spiro atoms. The molecule has 0 radical (unpaired) electrons. The van der Waals surface area contributed by atoms with Gasteiger partial charge in [0.1, 0.15) is 0 Å². The molecule has 0 unspecified atom stereocenters. The standard InChI is InChI=1S/C15H20N2O4/c1-2-9-17(10-11-18)15(21)16-13-6-3-12(4-7-13)5-8-14(19)20/h3-8,18H,2,9-11H2,1H3,(H,16,21)(H,19,20). The smallest absolute Gasteiger partial charge is 0.328 e. The number of benzene rings is 1.